The number of carbonyl (C=O) groups is 7. The van der Waals surface area contributed by atoms with Crippen molar-refractivity contribution in [2.45, 2.75) is 133 Å². The van der Waals surface area contributed by atoms with Crippen LogP contribution in [0.4, 0.5) is 21.0 Å². The van der Waals surface area contributed by atoms with Gasteiger partial charge in [0.25, 0.3) is 0 Å². The highest BCUT2D eigenvalue weighted by atomic mass is 35.5. The van der Waals surface area contributed by atoms with Crippen LogP contribution in [-0.4, -0.2) is 147 Å². The molecule has 15 N–H and O–H groups in total. The number of hydrogen-bond donors (Lipinski definition) is 13. The maximum Gasteiger partial charge on any atom is 0.411 e. The summed E-state index contributed by atoms with van der Waals surface area (Å²) in [4.78, 5) is 94.6. The summed E-state index contributed by atoms with van der Waals surface area (Å²) in [5.41, 5.74) is 9.77. The number of ether oxygens (including phenoxy) is 5. The van der Waals surface area contributed by atoms with Crippen LogP contribution in [-0.2, 0) is 59.4 Å². The van der Waals surface area contributed by atoms with E-state index in [9.17, 15) is 64.2 Å². The molecule has 5 aromatic carbocycles. The average Bonchev–Trinajstić information content (AvgIpc) is 0.726. The van der Waals surface area contributed by atoms with Crippen molar-refractivity contribution in [2.75, 3.05) is 30.9 Å². The van der Waals surface area contributed by atoms with Gasteiger partial charge >= 0.3 is 12.2 Å². The van der Waals surface area contributed by atoms with Crippen LogP contribution < -0.4 is 42.8 Å². The Balaban J connectivity index is 0.0000108. The van der Waals surface area contributed by atoms with Gasteiger partial charge in [0.05, 0.1) is 48.1 Å². The van der Waals surface area contributed by atoms with Crippen molar-refractivity contribution in [3.63, 3.8) is 0 Å². The molecular weight excluding hydrogens is 1150 g/mol. The minimum atomic E-state index is -2.41. The van der Waals surface area contributed by atoms with E-state index in [1.165, 1.54) is 38.3 Å². The smallest absolute Gasteiger partial charge is 0.411 e. The highest BCUT2D eigenvalue weighted by Crippen LogP contribution is 2.52. The van der Waals surface area contributed by atoms with E-state index in [2.05, 4.69) is 26.6 Å². The highest BCUT2D eigenvalue weighted by molar-refractivity contribution is 6.31. The second-order valence-electron chi connectivity index (χ2n) is 21.5. The molecule has 1 heterocycles. The van der Waals surface area contributed by atoms with Crippen molar-refractivity contribution >= 4 is 65.1 Å². The maximum atomic E-state index is 14.1. The van der Waals surface area contributed by atoms with Gasteiger partial charge in [0.1, 0.15) is 61.0 Å². The molecule has 25 nitrogen and oxygen atoms in total. The van der Waals surface area contributed by atoms with Crippen molar-refractivity contribution in [3.8, 4) is 17.2 Å². The van der Waals surface area contributed by atoms with E-state index in [0.717, 1.165) is 5.56 Å². The Kier molecular flexibility index (Phi) is 22.6. The van der Waals surface area contributed by atoms with E-state index in [0.29, 0.717) is 48.3 Å². The number of aliphatic hydroxyl groups excluding tert-OH is 3. The Bertz CT molecular complexity index is 3320. The van der Waals surface area contributed by atoms with Crippen LogP contribution in [0.3, 0.4) is 0 Å². The number of rotatable bonds is 24. The standard InChI is InChI=1S/C61H71N7O18.ClH/c1-31(63)56(76)67-42(24-33-11-5-4-6-12-33)58(78)66-40(16-7-8-22-62)57(77)64-36-20-18-34(19-21-36)29-83-59(79)65-37-14-9-13-35(23-37)30-84-60(80)68-41-25-46(85-32(2)51(41)71)86-44-27-61(81,45(70)28-69)26-39-48(44)55(75)50-49(53(39)73)52(72)38-15-10-17-43(82-3)47(38)54(50)74;/h4-6,9-15,17-21,23,31-32,40-42,44,46,51,56,67,69,71,73,75-76,81H,7-8,16,22,24-30,62-63H2,1-3H3,(H,64,77)(H,65,79)(H,66,78)(H,68,80);1H/t31-,32+,40+,41?,42+,44+,46+,51-,56?,61+;/m1./s1. The third-order valence-electron chi connectivity index (χ3n) is 15.2. The number of nitrogens with two attached hydrogens (primary N) is 2. The number of phenolic OH excluding ortho intramolecular Hbond substituents is 2. The summed E-state index contributed by atoms with van der Waals surface area (Å²) in [5.74, 6) is -5.31. The lowest BCUT2D eigenvalue weighted by molar-refractivity contribution is -0.249. The minimum absolute atomic E-state index is 0. The molecule has 2 unspecified atom stereocenters. The molecule has 0 radical (unpaired) electrons. The lowest BCUT2D eigenvalue weighted by Gasteiger charge is -2.42. The first-order valence-electron chi connectivity index (χ1n) is 28.0. The van der Waals surface area contributed by atoms with Crippen molar-refractivity contribution < 1.29 is 87.9 Å². The fraction of sp³-hybridized carbons (Fsp3) is 0.393. The van der Waals surface area contributed by atoms with Crippen LogP contribution in [0.15, 0.2) is 97.1 Å². The highest BCUT2D eigenvalue weighted by Gasteiger charge is 2.50. The monoisotopic (exact) mass is 1230 g/mol. The van der Waals surface area contributed by atoms with E-state index in [-0.39, 0.29) is 66.5 Å². The zero-order valence-electron chi connectivity index (χ0n) is 47.9. The van der Waals surface area contributed by atoms with E-state index in [4.69, 9.17) is 35.2 Å². The number of ketones is 3. The molecule has 4 amide bonds. The Morgan fingerprint density at radius 2 is 1.47 bits per heavy atom. The normalized spacial score (nSPS) is 20.8. The van der Waals surface area contributed by atoms with Gasteiger partial charge in [0, 0.05) is 53.4 Å². The Labute approximate surface area is 506 Å². The summed E-state index contributed by atoms with van der Waals surface area (Å²) < 4.78 is 28.5. The van der Waals surface area contributed by atoms with Crippen LogP contribution in [0.5, 0.6) is 17.2 Å². The van der Waals surface area contributed by atoms with Gasteiger partial charge < -0.3 is 81.7 Å². The van der Waals surface area contributed by atoms with Crippen LogP contribution in [0.1, 0.15) is 112 Å². The summed E-state index contributed by atoms with van der Waals surface area (Å²) in [6, 6.07) is 22.7. The van der Waals surface area contributed by atoms with Crippen molar-refractivity contribution in [3.05, 3.63) is 147 Å². The summed E-state index contributed by atoms with van der Waals surface area (Å²) in [6.45, 7) is 1.88. The maximum absolute atomic E-state index is 14.1. The molecule has 466 valence electrons. The largest absolute Gasteiger partial charge is 0.507 e. The number of benzene rings is 5. The van der Waals surface area contributed by atoms with E-state index in [1.54, 1.807) is 49.4 Å². The number of carbonyl (C=O) groups excluding carboxylic acids is 7. The zero-order valence-corrected chi connectivity index (χ0v) is 48.7. The molecule has 8 rings (SSSR count). The van der Waals surface area contributed by atoms with E-state index < -0.39 is 144 Å². The summed E-state index contributed by atoms with van der Waals surface area (Å²) >= 11 is 0. The molecule has 0 spiro atoms. The molecule has 5 aromatic rings. The second-order valence-corrected chi connectivity index (χ2v) is 21.5. The number of halogens is 1. The van der Waals surface area contributed by atoms with Gasteiger partial charge in [-0.2, -0.15) is 0 Å². The van der Waals surface area contributed by atoms with Crippen LogP contribution in [0.25, 0.3) is 0 Å². The first-order valence-corrected chi connectivity index (χ1v) is 28.0. The van der Waals surface area contributed by atoms with Gasteiger partial charge in [-0.1, -0.05) is 66.7 Å². The third kappa shape index (κ3) is 15.7. The van der Waals surface area contributed by atoms with Crippen LogP contribution in [0, 0.1) is 0 Å². The van der Waals surface area contributed by atoms with Crippen molar-refractivity contribution in [2.24, 2.45) is 11.5 Å². The zero-order chi connectivity index (χ0) is 62.0. The van der Waals surface area contributed by atoms with Gasteiger partial charge in [-0.25, -0.2) is 9.59 Å². The number of aromatic hydroxyl groups is 2. The topological polar surface area (TPSA) is 399 Å². The molecule has 26 heteroatoms. The number of anilines is 2. The molecule has 87 heavy (non-hydrogen) atoms. The van der Waals surface area contributed by atoms with Crippen molar-refractivity contribution in [1.29, 1.82) is 0 Å². The molecular formula is C61H72ClN7O18. The molecule has 3 aliphatic rings. The summed E-state index contributed by atoms with van der Waals surface area (Å²) in [7, 11) is 1.29. The number of amides is 4. The number of fused-ring (bicyclic) bond motifs is 3. The van der Waals surface area contributed by atoms with Gasteiger partial charge in [-0.15, -0.1) is 12.4 Å². The number of alkyl carbamates (subject to hydrolysis) is 1. The molecule has 1 fully saturated rings. The first kappa shape index (κ1) is 66.4. The SMILES string of the molecule is COc1cccc2c1C(=O)c1c(O)c3c(c(O)c1C2=O)C[C@@](O)(C(=O)CO)C[C@@H]3O[C@H]1CC(NC(=O)OCc2cccc(NC(=O)OCc3ccc(NC(=O)[C@H](CCCCN)NC(=O)[C@H](Cc4ccccc4)NC(O)[C@@H](C)N)cc3)c2)[C@H](O)[C@H](C)O1.Cl. The fourth-order valence-corrected chi connectivity index (χ4v) is 10.6. The molecule has 1 saturated heterocycles. The van der Waals surface area contributed by atoms with Crippen LogP contribution >= 0.6 is 12.4 Å². The number of unbranched alkanes of at least 4 members (excludes halogenated alkanes) is 1. The van der Waals surface area contributed by atoms with Gasteiger partial charge in [0.15, 0.2) is 17.9 Å². The summed E-state index contributed by atoms with van der Waals surface area (Å²) in [6.07, 6.45) is -8.17. The molecule has 10 atom stereocenters. The van der Waals surface area contributed by atoms with Gasteiger partial charge in [-0.3, -0.25) is 34.6 Å². The van der Waals surface area contributed by atoms with E-state index >= 15 is 0 Å². The van der Waals surface area contributed by atoms with Gasteiger partial charge in [-0.05, 0) is 93.1 Å². The fourth-order valence-electron chi connectivity index (χ4n) is 10.6. The predicted molar refractivity (Wildman–Crippen MR) is 315 cm³/mol. The van der Waals surface area contributed by atoms with E-state index in [1.807, 2.05) is 30.3 Å². The average molecular weight is 1230 g/mol. The van der Waals surface area contributed by atoms with Gasteiger partial charge in [0.2, 0.25) is 17.6 Å². The Hall–Kier alpha value is -8.08. The molecule has 0 aromatic heterocycles. The summed E-state index contributed by atoms with van der Waals surface area (Å²) in [5, 5.41) is 80.5. The number of phenols is 2. The molecule has 0 bridgehead atoms. The number of nitrogens with one attached hydrogen (secondary N) is 5. The number of Topliss-reactive ketones (excluding diaryl/α,β-unsaturated/α-hetero) is 1. The second kappa shape index (κ2) is 29.5. The third-order valence-corrected chi connectivity index (χ3v) is 15.2. The number of aliphatic hydroxyl groups is 4. The Morgan fingerprint density at radius 1 is 0.793 bits per heavy atom. The molecule has 2 aliphatic carbocycles. The lowest BCUT2D eigenvalue weighted by Crippen LogP contribution is -2.57. The minimum Gasteiger partial charge on any atom is -0.507 e. The molecule has 0 saturated carbocycles. The predicted octanol–water partition coefficient (Wildman–Crippen LogP) is 3.56. The molecule has 1 aliphatic heterocycles. The lowest BCUT2D eigenvalue weighted by atomic mass is 9.72. The Morgan fingerprint density at radius 3 is 2.16 bits per heavy atom. The first-order chi connectivity index (χ1) is 41.1. The number of hydrogen-bond acceptors (Lipinski definition) is 21. The number of methoxy groups -OCH3 is 1. The van der Waals surface area contributed by atoms with Crippen molar-refractivity contribution in [1.82, 2.24) is 16.0 Å². The van der Waals surface area contributed by atoms with Crippen LogP contribution in [0.2, 0.25) is 0 Å². The quantitative estimate of drug-likeness (QED) is 0.0234.